The summed E-state index contributed by atoms with van der Waals surface area (Å²) in [6.07, 6.45) is 3.80. The fourth-order valence-corrected chi connectivity index (χ4v) is 1.62. The number of rotatable bonds is 8. The lowest BCUT2D eigenvalue weighted by atomic mass is 9.88. The van der Waals surface area contributed by atoms with Crippen molar-refractivity contribution in [1.82, 2.24) is 0 Å². The maximum Gasteiger partial charge on any atom is 0.0506 e. The molecule has 0 spiro atoms. The Labute approximate surface area is 112 Å². The standard InChI is InChI=1S/2C7H16O2/c2*1-3-4-7(2,5-8)6-9/h2*8-9H,3-6H2,1-2H3. The summed E-state index contributed by atoms with van der Waals surface area (Å²) in [6, 6.07) is 0. The Morgan fingerprint density at radius 3 is 0.889 bits per heavy atom. The van der Waals surface area contributed by atoms with Gasteiger partial charge in [0.2, 0.25) is 0 Å². The van der Waals surface area contributed by atoms with E-state index in [4.69, 9.17) is 20.4 Å². The van der Waals surface area contributed by atoms with Gasteiger partial charge in [0.25, 0.3) is 0 Å². The molecule has 4 nitrogen and oxygen atoms in total. The average molecular weight is 264 g/mol. The molecule has 0 saturated carbocycles. The van der Waals surface area contributed by atoms with Crippen LogP contribution in [0.3, 0.4) is 0 Å². The van der Waals surface area contributed by atoms with Crippen molar-refractivity contribution >= 4 is 0 Å². The molecule has 0 rings (SSSR count). The molecule has 0 amide bonds. The second-order valence-corrected chi connectivity index (χ2v) is 5.75. The van der Waals surface area contributed by atoms with Crippen LogP contribution in [-0.2, 0) is 0 Å². The van der Waals surface area contributed by atoms with Crippen LogP contribution in [0.15, 0.2) is 0 Å². The summed E-state index contributed by atoms with van der Waals surface area (Å²) in [5.41, 5.74) is -0.510. The summed E-state index contributed by atoms with van der Waals surface area (Å²) in [6.45, 7) is 8.18. The quantitative estimate of drug-likeness (QED) is 0.536. The van der Waals surface area contributed by atoms with Crippen LogP contribution in [0.25, 0.3) is 0 Å². The van der Waals surface area contributed by atoms with E-state index in [1.807, 2.05) is 27.7 Å². The van der Waals surface area contributed by atoms with Crippen LogP contribution in [-0.4, -0.2) is 46.9 Å². The molecule has 0 aromatic rings. The smallest absolute Gasteiger partial charge is 0.0506 e. The van der Waals surface area contributed by atoms with Gasteiger partial charge in [0, 0.05) is 10.8 Å². The summed E-state index contributed by atoms with van der Waals surface area (Å²) in [5.74, 6) is 0. The van der Waals surface area contributed by atoms with Crippen molar-refractivity contribution in [1.29, 1.82) is 0 Å². The van der Waals surface area contributed by atoms with E-state index >= 15 is 0 Å². The Bertz CT molecular complexity index is 155. The summed E-state index contributed by atoms with van der Waals surface area (Å²) in [7, 11) is 0. The Kier molecular flexibility index (Phi) is 12.0. The normalized spacial score (nSPS) is 12.0. The van der Waals surface area contributed by atoms with Crippen molar-refractivity contribution in [3.8, 4) is 0 Å². The third-order valence-electron chi connectivity index (χ3n) is 3.23. The molecular weight excluding hydrogens is 232 g/mol. The lowest BCUT2D eigenvalue weighted by Crippen LogP contribution is -2.25. The predicted octanol–water partition coefficient (Wildman–Crippen LogP) is 1.55. The number of aliphatic hydroxyl groups excluding tert-OH is 4. The molecule has 4 N–H and O–H groups in total. The first-order valence-corrected chi connectivity index (χ1v) is 6.80. The van der Waals surface area contributed by atoms with Crippen LogP contribution in [0.1, 0.15) is 53.4 Å². The van der Waals surface area contributed by atoms with E-state index in [1.165, 1.54) is 0 Å². The molecule has 0 radical (unpaired) electrons. The van der Waals surface area contributed by atoms with Crippen LogP contribution in [0.4, 0.5) is 0 Å². The molecule has 0 aromatic carbocycles. The van der Waals surface area contributed by atoms with Crippen molar-refractivity contribution in [2.24, 2.45) is 10.8 Å². The molecule has 18 heavy (non-hydrogen) atoms. The van der Waals surface area contributed by atoms with Crippen molar-refractivity contribution in [3.63, 3.8) is 0 Å². The second-order valence-electron chi connectivity index (χ2n) is 5.75. The zero-order valence-electron chi connectivity index (χ0n) is 12.4. The van der Waals surface area contributed by atoms with Crippen LogP contribution in [0.5, 0.6) is 0 Å². The van der Waals surface area contributed by atoms with Crippen molar-refractivity contribution in [2.45, 2.75) is 53.4 Å². The van der Waals surface area contributed by atoms with E-state index in [9.17, 15) is 0 Å². The van der Waals surface area contributed by atoms with Crippen LogP contribution in [0.2, 0.25) is 0 Å². The molecule has 0 unspecified atom stereocenters. The lowest BCUT2D eigenvalue weighted by Gasteiger charge is -2.23. The highest BCUT2D eigenvalue weighted by Gasteiger charge is 2.20. The van der Waals surface area contributed by atoms with Gasteiger partial charge < -0.3 is 20.4 Å². The predicted molar refractivity (Wildman–Crippen MR) is 74.4 cm³/mol. The zero-order chi connectivity index (χ0) is 14.7. The molecule has 0 aliphatic heterocycles. The Hall–Kier alpha value is -0.160. The van der Waals surface area contributed by atoms with Crippen molar-refractivity contribution in [3.05, 3.63) is 0 Å². The molecule has 0 fully saturated rings. The third kappa shape index (κ3) is 8.86. The van der Waals surface area contributed by atoms with E-state index < -0.39 is 0 Å². The first kappa shape index (κ1) is 20.2. The summed E-state index contributed by atoms with van der Waals surface area (Å²) < 4.78 is 0. The van der Waals surface area contributed by atoms with Crippen LogP contribution >= 0.6 is 0 Å². The average Bonchev–Trinajstić information content (AvgIpc) is 2.40. The first-order chi connectivity index (χ1) is 8.36. The molecule has 0 saturated heterocycles. The molecule has 0 atom stereocenters. The fraction of sp³-hybridized carbons (Fsp3) is 1.00. The number of aliphatic hydroxyl groups is 4. The molecule has 0 heterocycles. The topological polar surface area (TPSA) is 80.9 Å². The minimum Gasteiger partial charge on any atom is -0.396 e. The fourth-order valence-electron chi connectivity index (χ4n) is 1.62. The third-order valence-corrected chi connectivity index (χ3v) is 3.23. The van der Waals surface area contributed by atoms with Crippen LogP contribution in [0, 0.1) is 10.8 Å². The summed E-state index contributed by atoms with van der Waals surface area (Å²) in [5, 5.41) is 35.0. The maximum atomic E-state index is 8.76. The van der Waals surface area contributed by atoms with Gasteiger partial charge >= 0.3 is 0 Å². The van der Waals surface area contributed by atoms with Gasteiger partial charge in [0.15, 0.2) is 0 Å². The minimum absolute atomic E-state index is 0.0807. The molecule has 112 valence electrons. The molecule has 0 aromatic heterocycles. The van der Waals surface area contributed by atoms with E-state index in [0.29, 0.717) is 0 Å². The molecular formula is C14H32O4. The Morgan fingerprint density at radius 2 is 0.833 bits per heavy atom. The van der Waals surface area contributed by atoms with Gasteiger partial charge in [-0.1, -0.05) is 40.5 Å². The van der Waals surface area contributed by atoms with E-state index in [2.05, 4.69) is 0 Å². The maximum absolute atomic E-state index is 8.76. The molecule has 0 aliphatic rings. The summed E-state index contributed by atoms with van der Waals surface area (Å²) >= 11 is 0. The van der Waals surface area contributed by atoms with E-state index in [0.717, 1.165) is 25.7 Å². The highest BCUT2D eigenvalue weighted by atomic mass is 16.3. The number of hydrogen-bond donors (Lipinski definition) is 4. The van der Waals surface area contributed by atoms with Crippen molar-refractivity contribution in [2.75, 3.05) is 26.4 Å². The second kappa shape index (κ2) is 10.7. The summed E-state index contributed by atoms with van der Waals surface area (Å²) in [4.78, 5) is 0. The highest BCUT2D eigenvalue weighted by molar-refractivity contribution is 4.71. The molecule has 0 bridgehead atoms. The monoisotopic (exact) mass is 264 g/mol. The Morgan fingerprint density at radius 1 is 0.611 bits per heavy atom. The van der Waals surface area contributed by atoms with E-state index in [1.54, 1.807) is 0 Å². The van der Waals surface area contributed by atoms with Gasteiger partial charge in [-0.25, -0.2) is 0 Å². The van der Waals surface area contributed by atoms with Crippen LogP contribution < -0.4 is 0 Å². The molecule has 4 heteroatoms. The molecule has 0 aliphatic carbocycles. The van der Waals surface area contributed by atoms with Gasteiger partial charge in [-0.05, 0) is 12.8 Å². The first-order valence-electron chi connectivity index (χ1n) is 6.80. The SMILES string of the molecule is CCCC(C)(CO)CO.CCCC(C)(CO)CO. The van der Waals surface area contributed by atoms with Gasteiger partial charge in [-0.15, -0.1) is 0 Å². The van der Waals surface area contributed by atoms with Gasteiger partial charge in [0.05, 0.1) is 26.4 Å². The Balaban J connectivity index is 0. The number of hydrogen-bond acceptors (Lipinski definition) is 4. The lowest BCUT2D eigenvalue weighted by molar-refractivity contribution is 0.0621. The van der Waals surface area contributed by atoms with Gasteiger partial charge in [-0.2, -0.15) is 0 Å². The van der Waals surface area contributed by atoms with E-state index in [-0.39, 0.29) is 37.3 Å². The highest BCUT2D eigenvalue weighted by Crippen LogP contribution is 2.21. The zero-order valence-corrected chi connectivity index (χ0v) is 12.4. The van der Waals surface area contributed by atoms with Crippen molar-refractivity contribution < 1.29 is 20.4 Å². The van der Waals surface area contributed by atoms with Gasteiger partial charge in [0.1, 0.15) is 0 Å². The largest absolute Gasteiger partial charge is 0.396 e. The minimum atomic E-state index is -0.255. The van der Waals surface area contributed by atoms with Gasteiger partial charge in [-0.3, -0.25) is 0 Å².